The summed E-state index contributed by atoms with van der Waals surface area (Å²) in [7, 11) is 0. The van der Waals surface area contributed by atoms with E-state index in [-0.39, 0.29) is 0 Å². The maximum absolute atomic E-state index is 5.86. The van der Waals surface area contributed by atoms with Gasteiger partial charge in [-0.25, -0.2) is 4.98 Å². The topological polar surface area (TPSA) is 53.6 Å². The van der Waals surface area contributed by atoms with Crippen LogP contribution in [0.25, 0.3) is 11.3 Å². The van der Waals surface area contributed by atoms with Gasteiger partial charge in [-0.1, -0.05) is 48.0 Å². The minimum absolute atomic E-state index is 0.477. The lowest BCUT2D eigenvalue weighted by Crippen LogP contribution is -2.01. The summed E-state index contributed by atoms with van der Waals surface area (Å²) < 4.78 is 0. The van der Waals surface area contributed by atoms with Crippen LogP contribution >= 0.6 is 11.6 Å². The molecule has 3 rings (SSSR count). The molecular formula is C15H13ClN4. The number of hydrogen-bond donors (Lipinski definition) is 2. The number of nitrogens with one attached hydrogen (secondary N) is 2. The van der Waals surface area contributed by atoms with Gasteiger partial charge in [0.1, 0.15) is 11.0 Å². The lowest BCUT2D eigenvalue weighted by molar-refractivity contribution is 1.09. The molecule has 0 saturated carbocycles. The van der Waals surface area contributed by atoms with Crippen LogP contribution in [-0.4, -0.2) is 15.2 Å². The van der Waals surface area contributed by atoms with Gasteiger partial charge in [-0.15, -0.1) is 0 Å². The van der Waals surface area contributed by atoms with E-state index in [1.807, 2.05) is 36.5 Å². The molecule has 0 fully saturated rings. The highest BCUT2D eigenvalue weighted by atomic mass is 35.5. The summed E-state index contributed by atoms with van der Waals surface area (Å²) in [6, 6.07) is 15.6. The fourth-order valence-electron chi connectivity index (χ4n) is 1.99. The van der Waals surface area contributed by atoms with Gasteiger partial charge in [0.05, 0.1) is 11.9 Å². The van der Waals surface area contributed by atoms with Crippen molar-refractivity contribution in [2.45, 2.75) is 6.54 Å². The molecule has 20 heavy (non-hydrogen) atoms. The molecule has 0 atom stereocenters. The smallest absolute Gasteiger partial charge is 0.131 e. The zero-order chi connectivity index (χ0) is 13.8. The second kappa shape index (κ2) is 5.75. The number of aromatic amines is 1. The molecule has 3 aromatic rings. The van der Waals surface area contributed by atoms with E-state index >= 15 is 0 Å². The van der Waals surface area contributed by atoms with Crippen LogP contribution in [0.2, 0.25) is 5.15 Å². The normalized spacial score (nSPS) is 10.4. The van der Waals surface area contributed by atoms with Gasteiger partial charge in [0.25, 0.3) is 0 Å². The maximum Gasteiger partial charge on any atom is 0.131 e. The van der Waals surface area contributed by atoms with E-state index in [0.717, 1.165) is 22.6 Å². The summed E-state index contributed by atoms with van der Waals surface area (Å²) in [6.45, 7) is 0.633. The van der Waals surface area contributed by atoms with Crippen molar-refractivity contribution >= 4 is 17.4 Å². The average molecular weight is 285 g/mol. The van der Waals surface area contributed by atoms with Crippen LogP contribution in [-0.2, 0) is 6.54 Å². The van der Waals surface area contributed by atoms with Gasteiger partial charge < -0.3 is 5.32 Å². The third-order valence-corrected chi connectivity index (χ3v) is 3.17. The number of benzene rings is 1. The second-order valence-electron chi connectivity index (χ2n) is 4.34. The van der Waals surface area contributed by atoms with Crippen molar-refractivity contribution in [2.24, 2.45) is 0 Å². The Morgan fingerprint density at radius 2 is 1.90 bits per heavy atom. The first-order valence-electron chi connectivity index (χ1n) is 6.27. The lowest BCUT2D eigenvalue weighted by Gasteiger charge is -2.06. The number of nitrogens with zero attached hydrogens (tertiary/aromatic N) is 2. The van der Waals surface area contributed by atoms with Crippen LogP contribution in [0.15, 0.2) is 54.7 Å². The number of anilines is 1. The van der Waals surface area contributed by atoms with Crippen LogP contribution in [0.1, 0.15) is 5.56 Å². The molecule has 0 spiro atoms. The molecule has 0 amide bonds. The lowest BCUT2D eigenvalue weighted by atomic mass is 10.1. The predicted octanol–water partition coefficient (Wildman–Crippen LogP) is 3.74. The first kappa shape index (κ1) is 12.7. The largest absolute Gasteiger partial charge is 0.366 e. The van der Waals surface area contributed by atoms with E-state index in [0.29, 0.717) is 11.7 Å². The fourth-order valence-corrected chi connectivity index (χ4v) is 2.16. The summed E-state index contributed by atoms with van der Waals surface area (Å²) in [5.41, 5.74) is 3.21. The van der Waals surface area contributed by atoms with Gasteiger partial charge in [-0.2, -0.15) is 5.10 Å². The number of pyridine rings is 1. The highest BCUT2D eigenvalue weighted by molar-refractivity contribution is 6.29. The van der Waals surface area contributed by atoms with E-state index in [1.165, 1.54) is 0 Å². The molecule has 0 radical (unpaired) electrons. The second-order valence-corrected chi connectivity index (χ2v) is 4.72. The van der Waals surface area contributed by atoms with Crippen molar-refractivity contribution < 1.29 is 0 Å². The minimum atomic E-state index is 0.477. The molecule has 0 bridgehead atoms. The summed E-state index contributed by atoms with van der Waals surface area (Å²) in [5.74, 6) is 0.748. The maximum atomic E-state index is 5.86. The molecular weight excluding hydrogens is 272 g/mol. The van der Waals surface area contributed by atoms with Gasteiger partial charge in [-0.3, -0.25) is 5.10 Å². The zero-order valence-electron chi connectivity index (χ0n) is 10.7. The molecule has 4 nitrogen and oxygen atoms in total. The summed E-state index contributed by atoms with van der Waals surface area (Å²) in [6.07, 6.45) is 1.82. The van der Waals surface area contributed by atoms with Gasteiger partial charge in [0.2, 0.25) is 0 Å². The Kier molecular flexibility index (Phi) is 3.65. The van der Waals surface area contributed by atoms with Crippen molar-refractivity contribution in [2.75, 3.05) is 5.32 Å². The van der Waals surface area contributed by atoms with Gasteiger partial charge in [0, 0.05) is 12.1 Å². The van der Waals surface area contributed by atoms with Gasteiger partial charge in [-0.05, 0) is 17.7 Å². The highest BCUT2D eigenvalue weighted by Crippen LogP contribution is 2.21. The molecule has 0 aliphatic carbocycles. The first-order valence-corrected chi connectivity index (χ1v) is 6.65. The molecule has 0 aliphatic rings. The van der Waals surface area contributed by atoms with Crippen molar-refractivity contribution in [3.8, 4) is 11.3 Å². The van der Waals surface area contributed by atoms with E-state index in [1.54, 1.807) is 6.07 Å². The summed E-state index contributed by atoms with van der Waals surface area (Å²) in [5, 5.41) is 10.9. The Hall–Kier alpha value is -2.33. The Morgan fingerprint density at radius 3 is 2.70 bits per heavy atom. The molecule has 0 unspecified atom stereocenters. The van der Waals surface area contributed by atoms with Crippen LogP contribution < -0.4 is 5.32 Å². The fraction of sp³-hybridized carbons (Fsp3) is 0.0667. The quantitative estimate of drug-likeness (QED) is 0.718. The molecule has 0 saturated heterocycles. The van der Waals surface area contributed by atoms with Crippen molar-refractivity contribution in [3.63, 3.8) is 0 Å². The number of hydrogen-bond acceptors (Lipinski definition) is 3. The molecule has 5 heteroatoms. The van der Waals surface area contributed by atoms with E-state index in [9.17, 15) is 0 Å². The Balaban J connectivity index is 1.78. The number of rotatable bonds is 4. The zero-order valence-corrected chi connectivity index (χ0v) is 11.4. The molecule has 2 aromatic heterocycles. The van der Waals surface area contributed by atoms with Crippen molar-refractivity contribution in [1.29, 1.82) is 0 Å². The number of H-pyrrole nitrogens is 1. The Morgan fingerprint density at radius 1 is 1.05 bits per heavy atom. The molecule has 2 N–H and O–H groups in total. The third-order valence-electron chi connectivity index (χ3n) is 2.96. The van der Waals surface area contributed by atoms with Gasteiger partial charge >= 0.3 is 0 Å². The first-order chi connectivity index (χ1) is 9.83. The van der Waals surface area contributed by atoms with E-state index in [2.05, 4.69) is 32.6 Å². The van der Waals surface area contributed by atoms with Crippen LogP contribution in [0, 0.1) is 0 Å². The summed E-state index contributed by atoms with van der Waals surface area (Å²) >= 11 is 5.86. The number of aromatic nitrogens is 3. The predicted molar refractivity (Wildman–Crippen MR) is 80.6 cm³/mol. The number of halogens is 1. The van der Waals surface area contributed by atoms with Crippen LogP contribution in [0.3, 0.4) is 0 Å². The van der Waals surface area contributed by atoms with E-state index in [4.69, 9.17) is 11.6 Å². The monoisotopic (exact) mass is 284 g/mol. The molecule has 0 aliphatic heterocycles. The standard InChI is InChI=1S/C15H13ClN4/c16-13-7-4-8-14(19-13)17-9-12-10-18-20-15(12)11-5-2-1-3-6-11/h1-8,10H,9H2,(H,17,19)(H,18,20). The van der Waals surface area contributed by atoms with Crippen molar-refractivity contribution in [3.05, 3.63) is 65.4 Å². The van der Waals surface area contributed by atoms with Crippen LogP contribution in [0.4, 0.5) is 5.82 Å². The summed E-state index contributed by atoms with van der Waals surface area (Å²) in [4.78, 5) is 4.20. The average Bonchev–Trinajstić information content (AvgIpc) is 2.95. The minimum Gasteiger partial charge on any atom is -0.366 e. The highest BCUT2D eigenvalue weighted by Gasteiger charge is 2.07. The van der Waals surface area contributed by atoms with Gasteiger partial charge in [0.15, 0.2) is 0 Å². The van der Waals surface area contributed by atoms with Crippen LogP contribution in [0.5, 0.6) is 0 Å². The molecule has 1 aromatic carbocycles. The molecule has 2 heterocycles. The Bertz CT molecular complexity index is 694. The Labute approximate surface area is 121 Å². The SMILES string of the molecule is Clc1cccc(NCc2cn[nH]c2-c2ccccc2)n1. The third kappa shape index (κ3) is 2.81. The van der Waals surface area contributed by atoms with E-state index < -0.39 is 0 Å². The van der Waals surface area contributed by atoms with Crippen molar-refractivity contribution in [1.82, 2.24) is 15.2 Å². The molecule has 100 valence electrons.